The van der Waals surface area contributed by atoms with Gasteiger partial charge in [0.1, 0.15) is 11.5 Å². The van der Waals surface area contributed by atoms with Crippen molar-refractivity contribution in [1.82, 2.24) is 9.88 Å². The number of ether oxygens (including phenoxy) is 1. The molecule has 0 bridgehead atoms. The van der Waals surface area contributed by atoms with Crippen molar-refractivity contribution in [1.29, 1.82) is 0 Å². The molecule has 2 aromatic heterocycles. The predicted octanol–water partition coefficient (Wildman–Crippen LogP) is 4.94. The standard InChI is InChI=1S/C26H26N2O5/c1-3-4-14-32-20-7-5-6-19(15-20)23-22(24(29)21-9-8-17(2)33-21)25(30)26(31)28(23)16-18-10-12-27-13-11-18/h5-13,15,23,30H,3-4,14,16H2,1-2H3/t23-/m0/s1. The van der Waals surface area contributed by atoms with Crippen molar-refractivity contribution in [2.24, 2.45) is 0 Å². The SMILES string of the molecule is CCCCOc1cccc([C@H]2C(C(=O)c3ccc(C)o3)=C(O)C(=O)N2Cc2ccncc2)c1. The normalized spacial score (nSPS) is 15.9. The fourth-order valence-electron chi connectivity index (χ4n) is 3.88. The second-order valence-corrected chi connectivity index (χ2v) is 7.97. The number of amides is 1. The van der Waals surface area contributed by atoms with Crippen molar-refractivity contribution in [2.75, 3.05) is 6.61 Å². The Labute approximate surface area is 192 Å². The average molecular weight is 447 g/mol. The summed E-state index contributed by atoms with van der Waals surface area (Å²) in [6, 6.07) is 13.3. The van der Waals surface area contributed by atoms with Gasteiger partial charge in [0, 0.05) is 18.9 Å². The van der Waals surface area contributed by atoms with E-state index in [0.29, 0.717) is 23.7 Å². The van der Waals surface area contributed by atoms with Crippen LogP contribution in [0.2, 0.25) is 0 Å². The van der Waals surface area contributed by atoms with E-state index in [1.54, 1.807) is 43.6 Å². The van der Waals surface area contributed by atoms with Gasteiger partial charge in [0.25, 0.3) is 5.91 Å². The van der Waals surface area contributed by atoms with Crippen LogP contribution in [0.4, 0.5) is 0 Å². The molecule has 33 heavy (non-hydrogen) atoms. The number of carbonyl (C=O) groups excluding carboxylic acids is 2. The van der Waals surface area contributed by atoms with Crippen LogP contribution in [0.1, 0.15) is 53.2 Å². The van der Waals surface area contributed by atoms with Crippen LogP contribution in [-0.4, -0.2) is 33.3 Å². The third-order valence-electron chi connectivity index (χ3n) is 5.56. The number of aromatic nitrogens is 1. The zero-order chi connectivity index (χ0) is 23.4. The van der Waals surface area contributed by atoms with Crippen LogP contribution in [0.25, 0.3) is 0 Å². The second-order valence-electron chi connectivity index (χ2n) is 7.97. The number of pyridine rings is 1. The average Bonchev–Trinajstić information content (AvgIpc) is 3.36. The van der Waals surface area contributed by atoms with Crippen molar-refractivity contribution < 1.29 is 23.8 Å². The fourth-order valence-corrected chi connectivity index (χ4v) is 3.88. The molecule has 0 saturated heterocycles. The summed E-state index contributed by atoms with van der Waals surface area (Å²) in [4.78, 5) is 32.0. The molecule has 1 atom stereocenters. The van der Waals surface area contributed by atoms with Gasteiger partial charge in [0.05, 0.1) is 18.2 Å². The van der Waals surface area contributed by atoms with Gasteiger partial charge in [-0.3, -0.25) is 14.6 Å². The number of hydrogen-bond acceptors (Lipinski definition) is 6. The third kappa shape index (κ3) is 4.67. The monoisotopic (exact) mass is 446 g/mol. The Kier molecular flexibility index (Phi) is 6.58. The van der Waals surface area contributed by atoms with Gasteiger partial charge >= 0.3 is 0 Å². The highest BCUT2D eigenvalue weighted by molar-refractivity contribution is 6.15. The lowest BCUT2D eigenvalue weighted by Gasteiger charge is -2.27. The van der Waals surface area contributed by atoms with E-state index in [2.05, 4.69) is 11.9 Å². The first-order valence-electron chi connectivity index (χ1n) is 11.0. The number of aryl methyl sites for hydroxylation is 1. The van der Waals surface area contributed by atoms with E-state index in [0.717, 1.165) is 18.4 Å². The summed E-state index contributed by atoms with van der Waals surface area (Å²) >= 11 is 0. The Hall–Kier alpha value is -3.87. The molecule has 7 nitrogen and oxygen atoms in total. The number of aliphatic hydroxyl groups is 1. The van der Waals surface area contributed by atoms with Crippen molar-refractivity contribution in [3.05, 3.63) is 94.9 Å². The molecule has 0 saturated carbocycles. The number of hydrogen-bond donors (Lipinski definition) is 1. The summed E-state index contributed by atoms with van der Waals surface area (Å²) in [6.45, 7) is 4.59. The first kappa shape index (κ1) is 22.3. The smallest absolute Gasteiger partial charge is 0.290 e. The maximum atomic E-state index is 13.4. The van der Waals surface area contributed by atoms with Gasteiger partial charge in [-0.2, -0.15) is 0 Å². The number of furan rings is 1. The van der Waals surface area contributed by atoms with E-state index in [4.69, 9.17) is 9.15 Å². The summed E-state index contributed by atoms with van der Waals surface area (Å²) in [7, 11) is 0. The number of rotatable bonds is 9. The van der Waals surface area contributed by atoms with Crippen molar-refractivity contribution >= 4 is 11.7 Å². The molecule has 3 heterocycles. The zero-order valence-electron chi connectivity index (χ0n) is 18.7. The van der Waals surface area contributed by atoms with Gasteiger partial charge in [-0.05, 0) is 60.9 Å². The third-order valence-corrected chi connectivity index (χ3v) is 5.56. The number of benzene rings is 1. The molecule has 0 fully saturated rings. The van der Waals surface area contributed by atoms with Crippen LogP contribution < -0.4 is 4.74 Å². The topological polar surface area (TPSA) is 92.9 Å². The van der Waals surface area contributed by atoms with Gasteiger partial charge in [-0.15, -0.1) is 0 Å². The molecule has 1 aromatic carbocycles. The molecule has 1 aliphatic heterocycles. The number of carbonyl (C=O) groups is 2. The van der Waals surface area contributed by atoms with E-state index in [-0.39, 0.29) is 17.9 Å². The molecule has 1 aliphatic rings. The van der Waals surface area contributed by atoms with E-state index in [1.807, 2.05) is 24.3 Å². The molecule has 4 rings (SSSR count). The van der Waals surface area contributed by atoms with Crippen LogP contribution in [0.15, 0.2) is 76.7 Å². The molecular formula is C26H26N2O5. The molecule has 0 aliphatic carbocycles. The minimum absolute atomic E-state index is 0.00545. The Morgan fingerprint density at radius 2 is 1.97 bits per heavy atom. The Balaban J connectivity index is 1.75. The summed E-state index contributed by atoms with van der Waals surface area (Å²) in [6.07, 6.45) is 5.20. The lowest BCUT2D eigenvalue weighted by atomic mass is 9.94. The quantitative estimate of drug-likeness (QED) is 0.370. The molecule has 1 amide bonds. The lowest BCUT2D eigenvalue weighted by molar-refractivity contribution is -0.130. The number of aliphatic hydroxyl groups excluding tert-OH is 1. The van der Waals surface area contributed by atoms with Gasteiger partial charge in [-0.25, -0.2) is 0 Å². The lowest BCUT2D eigenvalue weighted by Crippen LogP contribution is -2.30. The van der Waals surface area contributed by atoms with Gasteiger partial charge < -0.3 is 19.2 Å². The predicted molar refractivity (Wildman–Crippen MR) is 122 cm³/mol. The number of Topliss-reactive ketones (excluding diaryl/α,β-unsaturated/α-hetero) is 1. The van der Waals surface area contributed by atoms with E-state index in [1.165, 1.54) is 4.90 Å². The van der Waals surface area contributed by atoms with Crippen molar-refractivity contribution in [3.63, 3.8) is 0 Å². The maximum Gasteiger partial charge on any atom is 0.290 e. The van der Waals surface area contributed by atoms with Crippen LogP contribution >= 0.6 is 0 Å². The number of ketones is 1. The zero-order valence-corrected chi connectivity index (χ0v) is 18.7. The molecule has 0 unspecified atom stereocenters. The van der Waals surface area contributed by atoms with Crippen molar-refractivity contribution in [2.45, 2.75) is 39.3 Å². The van der Waals surface area contributed by atoms with E-state index < -0.39 is 23.5 Å². The van der Waals surface area contributed by atoms with E-state index >= 15 is 0 Å². The molecule has 0 radical (unpaired) electrons. The van der Waals surface area contributed by atoms with E-state index in [9.17, 15) is 14.7 Å². The summed E-state index contributed by atoms with van der Waals surface area (Å²) in [5.74, 6) is -0.406. The Morgan fingerprint density at radius 1 is 1.18 bits per heavy atom. The van der Waals surface area contributed by atoms with Gasteiger partial charge in [0.2, 0.25) is 5.78 Å². The molecule has 3 aromatic rings. The highest BCUT2D eigenvalue weighted by Gasteiger charge is 2.44. The summed E-state index contributed by atoms with van der Waals surface area (Å²) in [5.41, 5.74) is 1.49. The number of unbranched alkanes of at least 4 members (excludes halogenated alkanes) is 1. The molecule has 170 valence electrons. The molecule has 1 N–H and O–H groups in total. The second kappa shape index (κ2) is 9.73. The number of nitrogens with zero attached hydrogens (tertiary/aromatic N) is 2. The first-order valence-corrected chi connectivity index (χ1v) is 11.0. The molecule has 7 heteroatoms. The highest BCUT2D eigenvalue weighted by atomic mass is 16.5. The van der Waals surface area contributed by atoms with Crippen LogP contribution in [0.5, 0.6) is 5.75 Å². The van der Waals surface area contributed by atoms with Gasteiger partial charge in [-0.1, -0.05) is 25.5 Å². The highest BCUT2D eigenvalue weighted by Crippen LogP contribution is 2.41. The Morgan fingerprint density at radius 3 is 2.67 bits per heavy atom. The van der Waals surface area contributed by atoms with Crippen LogP contribution in [0, 0.1) is 6.92 Å². The van der Waals surface area contributed by atoms with Gasteiger partial charge in [0.15, 0.2) is 11.5 Å². The van der Waals surface area contributed by atoms with Crippen LogP contribution in [0.3, 0.4) is 0 Å². The fraction of sp³-hybridized carbons (Fsp3) is 0.269. The largest absolute Gasteiger partial charge is 0.503 e. The molecular weight excluding hydrogens is 420 g/mol. The van der Waals surface area contributed by atoms with Crippen LogP contribution in [-0.2, 0) is 11.3 Å². The maximum absolute atomic E-state index is 13.4. The minimum Gasteiger partial charge on any atom is -0.503 e. The first-order chi connectivity index (χ1) is 16.0. The Bertz CT molecular complexity index is 1180. The minimum atomic E-state index is -0.793. The molecule has 0 spiro atoms. The van der Waals surface area contributed by atoms with Crippen molar-refractivity contribution in [3.8, 4) is 5.75 Å². The summed E-state index contributed by atoms with van der Waals surface area (Å²) < 4.78 is 11.4. The summed E-state index contributed by atoms with van der Waals surface area (Å²) in [5, 5.41) is 10.8.